The van der Waals surface area contributed by atoms with Crippen molar-refractivity contribution in [3.05, 3.63) is 53.1 Å². The molecule has 2 aromatic rings. The highest BCUT2D eigenvalue weighted by atomic mass is 16.5. The number of hydrogen-bond donors (Lipinski definition) is 1. The van der Waals surface area contributed by atoms with Gasteiger partial charge in [-0.1, -0.05) is 39.2 Å². The molecule has 0 unspecified atom stereocenters. The Balaban J connectivity index is 1.85. The number of fused-ring (bicyclic) bond motifs is 1. The molecule has 208 valence electrons. The lowest BCUT2D eigenvalue weighted by Gasteiger charge is -2.29. The number of ether oxygens (including phenoxy) is 2. The minimum Gasteiger partial charge on any atom is -0.493 e. The van der Waals surface area contributed by atoms with Gasteiger partial charge < -0.3 is 19.7 Å². The van der Waals surface area contributed by atoms with E-state index in [2.05, 4.69) is 24.1 Å². The second kappa shape index (κ2) is 14.8. The second-order valence-electron chi connectivity index (χ2n) is 10.6. The molecular formula is C31H45N3O4. The zero-order chi connectivity index (χ0) is 27.5. The summed E-state index contributed by atoms with van der Waals surface area (Å²) >= 11 is 0. The summed E-state index contributed by atoms with van der Waals surface area (Å²) in [5, 5.41) is 3.04. The maximum absolute atomic E-state index is 13.2. The number of rotatable bonds is 8. The van der Waals surface area contributed by atoms with E-state index >= 15 is 0 Å². The van der Waals surface area contributed by atoms with Crippen LogP contribution in [0.4, 0.5) is 5.69 Å². The Morgan fingerprint density at radius 1 is 0.921 bits per heavy atom. The van der Waals surface area contributed by atoms with E-state index in [1.807, 2.05) is 41.3 Å². The summed E-state index contributed by atoms with van der Waals surface area (Å²) in [5.41, 5.74) is 3.47. The summed E-state index contributed by atoms with van der Waals surface area (Å²) in [7, 11) is 3.20. The first-order valence-corrected chi connectivity index (χ1v) is 13.9. The minimum absolute atomic E-state index is 0.0442. The van der Waals surface area contributed by atoms with Crippen molar-refractivity contribution >= 4 is 17.5 Å². The first-order valence-electron chi connectivity index (χ1n) is 13.9. The van der Waals surface area contributed by atoms with Gasteiger partial charge in [-0.25, -0.2) is 0 Å². The molecule has 0 atom stereocenters. The van der Waals surface area contributed by atoms with Crippen LogP contribution >= 0.6 is 0 Å². The summed E-state index contributed by atoms with van der Waals surface area (Å²) in [6.07, 6.45) is 6.83. The largest absolute Gasteiger partial charge is 0.493 e. The lowest BCUT2D eigenvalue weighted by Crippen LogP contribution is -2.33. The number of hydrogen-bond acceptors (Lipinski definition) is 5. The first-order chi connectivity index (χ1) is 18.3. The number of carbonyl (C=O) groups is 2. The number of benzene rings is 2. The van der Waals surface area contributed by atoms with Crippen molar-refractivity contribution in [2.24, 2.45) is 5.92 Å². The number of amides is 2. The van der Waals surface area contributed by atoms with E-state index in [-0.39, 0.29) is 11.8 Å². The maximum atomic E-state index is 13.2. The first kappa shape index (κ1) is 29.5. The molecule has 0 spiro atoms. The molecule has 0 saturated carbocycles. The molecule has 0 aliphatic carbocycles. The topological polar surface area (TPSA) is 71.1 Å². The van der Waals surface area contributed by atoms with Gasteiger partial charge in [0, 0.05) is 37.8 Å². The van der Waals surface area contributed by atoms with Gasteiger partial charge in [-0.15, -0.1) is 0 Å². The average Bonchev–Trinajstić information content (AvgIpc) is 2.90. The van der Waals surface area contributed by atoms with Crippen LogP contribution in [0.25, 0.3) is 0 Å². The summed E-state index contributed by atoms with van der Waals surface area (Å²) < 4.78 is 10.7. The SMILES string of the molecule is COc1ccc(CNC(=O)c2ccc3c(c2)CN(CCC(C)C)CCCCCCCN3C(C)=O)cc1OC. The van der Waals surface area contributed by atoms with Crippen molar-refractivity contribution in [1.29, 1.82) is 0 Å². The summed E-state index contributed by atoms with van der Waals surface area (Å²) in [4.78, 5) is 30.3. The number of carbonyl (C=O) groups excluding carboxylic acids is 2. The zero-order valence-electron chi connectivity index (χ0n) is 23.8. The van der Waals surface area contributed by atoms with Crippen molar-refractivity contribution < 1.29 is 19.1 Å². The fourth-order valence-corrected chi connectivity index (χ4v) is 4.93. The third-order valence-electron chi connectivity index (χ3n) is 7.19. The monoisotopic (exact) mass is 523 g/mol. The molecule has 0 fully saturated rings. The van der Waals surface area contributed by atoms with Gasteiger partial charge in [-0.05, 0) is 79.7 Å². The predicted molar refractivity (Wildman–Crippen MR) is 153 cm³/mol. The van der Waals surface area contributed by atoms with Crippen molar-refractivity contribution in [1.82, 2.24) is 10.2 Å². The number of anilines is 1. The van der Waals surface area contributed by atoms with Gasteiger partial charge in [0.1, 0.15) is 0 Å². The van der Waals surface area contributed by atoms with Crippen LogP contribution in [0.15, 0.2) is 36.4 Å². The fraction of sp³-hybridized carbons (Fsp3) is 0.548. The quantitative estimate of drug-likeness (QED) is 0.474. The maximum Gasteiger partial charge on any atom is 0.251 e. The van der Waals surface area contributed by atoms with E-state index in [1.165, 1.54) is 19.3 Å². The van der Waals surface area contributed by atoms with E-state index in [9.17, 15) is 9.59 Å². The molecule has 3 rings (SSSR count). The van der Waals surface area contributed by atoms with Crippen LogP contribution in [0.2, 0.25) is 0 Å². The standard InChI is InChI=1S/C31H45N3O4/c1-23(2)15-18-33-16-9-7-6-8-10-17-34(24(3)35)28-13-12-26(20-27(28)22-33)31(36)32-21-25-11-14-29(37-4)30(19-25)38-5/h11-14,19-20,23H,6-10,15-18,21-22H2,1-5H3,(H,32,36). The van der Waals surface area contributed by atoms with E-state index < -0.39 is 0 Å². The molecule has 1 aliphatic rings. The van der Waals surface area contributed by atoms with Crippen LogP contribution in [0.1, 0.15) is 80.8 Å². The Bertz CT molecular complexity index is 1070. The Kier molecular flexibility index (Phi) is 11.5. The Hall–Kier alpha value is -3.06. The summed E-state index contributed by atoms with van der Waals surface area (Å²) in [6, 6.07) is 11.4. The van der Waals surface area contributed by atoms with Crippen molar-refractivity contribution in [3.63, 3.8) is 0 Å². The van der Waals surface area contributed by atoms with Gasteiger partial charge in [-0.3, -0.25) is 14.5 Å². The van der Waals surface area contributed by atoms with Crippen LogP contribution in [0.3, 0.4) is 0 Å². The van der Waals surface area contributed by atoms with Crippen molar-refractivity contribution in [2.75, 3.05) is 38.8 Å². The van der Waals surface area contributed by atoms with Crippen molar-refractivity contribution in [3.8, 4) is 11.5 Å². The number of nitrogens with zero attached hydrogens (tertiary/aromatic N) is 2. The molecule has 0 saturated heterocycles. The van der Waals surface area contributed by atoms with E-state index in [1.54, 1.807) is 21.1 Å². The lowest BCUT2D eigenvalue weighted by molar-refractivity contribution is -0.116. The third kappa shape index (κ3) is 8.48. The Morgan fingerprint density at radius 2 is 1.63 bits per heavy atom. The molecule has 7 heteroatoms. The number of nitrogens with one attached hydrogen (secondary N) is 1. The molecule has 0 radical (unpaired) electrons. The number of methoxy groups -OCH3 is 2. The van der Waals surface area contributed by atoms with Crippen LogP contribution in [-0.2, 0) is 17.9 Å². The molecule has 1 heterocycles. The molecule has 0 aromatic heterocycles. The van der Waals surface area contributed by atoms with Crippen molar-refractivity contribution in [2.45, 2.75) is 72.4 Å². The van der Waals surface area contributed by atoms with Gasteiger partial charge in [-0.2, -0.15) is 0 Å². The van der Waals surface area contributed by atoms with Gasteiger partial charge in [0.2, 0.25) is 5.91 Å². The molecule has 1 N–H and O–H groups in total. The second-order valence-corrected chi connectivity index (χ2v) is 10.6. The summed E-state index contributed by atoms with van der Waals surface area (Å²) in [5.74, 6) is 1.81. The van der Waals surface area contributed by atoms with Gasteiger partial charge in [0.15, 0.2) is 11.5 Å². The molecule has 7 nitrogen and oxygen atoms in total. The van der Waals surface area contributed by atoms with E-state index in [4.69, 9.17) is 9.47 Å². The Morgan fingerprint density at radius 3 is 2.32 bits per heavy atom. The summed E-state index contributed by atoms with van der Waals surface area (Å²) in [6.45, 7) is 9.98. The van der Waals surface area contributed by atoms with Gasteiger partial charge in [0.25, 0.3) is 5.91 Å². The normalized spacial score (nSPS) is 15.3. The highest BCUT2D eigenvalue weighted by Crippen LogP contribution is 2.28. The minimum atomic E-state index is -0.142. The molecule has 38 heavy (non-hydrogen) atoms. The zero-order valence-corrected chi connectivity index (χ0v) is 23.8. The average molecular weight is 524 g/mol. The fourth-order valence-electron chi connectivity index (χ4n) is 4.93. The predicted octanol–water partition coefficient (Wildman–Crippen LogP) is 5.80. The highest BCUT2D eigenvalue weighted by Gasteiger charge is 2.20. The third-order valence-corrected chi connectivity index (χ3v) is 7.19. The van der Waals surface area contributed by atoms with Crippen LogP contribution in [-0.4, -0.2) is 50.6 Å². The Labute approximate surface area is 228 Å². The molecule has 1 aliphatic heterocycles. The smallest absolute Gasteiger partial charge is 0.251 e. The van der Waals surface area contributed by atoms with E-state index in [0.29, 0.717) is 36.1 Å². The van der Waals surface area contributed by atoms with Crippen LogP contribution < -0.4 is 19.7 Å². The van der Waals surface area contributed by atoms with Gasteiger partial charge in [0.05, 0.1) is 14.2 Å². The van der Waals surface area contributed by atoms with Gasteiger partial charge >= 0.3 is 0 Å². The highest BCUT2D eigenvalue weighted by molar-refractivity contribution is 5.97. The van der Waals surface area contributed by atoms with Crippen LogP contribution in [0.5, 0.6) is 11.5 Å². The molecule has 0 bridgehead atoms. The molecular weight excluding hydrogens is 478 g/mol. The molecule has 2 aromatic carbocycles. The lowest BCUT2D eigenvalue weighted by atomic mass is 10.0. The molecule has 2 amide bonds. The van der Waals surface area contributed by atoms with E-state index in [0.717, 1.165) is 55.7 Å². The van der Waals surface area contributed by atoms with Crippen LogP contribution in [0, 0.1) is 5.92 Å².